The first-order valence-electron chi connectivity index (χ1n) is 7.23. The molecule has 114 valence electrons. The van der Waals surface area contributed by atoms with E-state index in [2.05, 4.69) is 16.2 Å². The van der Waals surface area contributed by atoms with Gasteiger partial charge in [0.25, 0.3) is 0 Å². The van der Waals surface area contributed by atoms with Gasteiger partial charge in [0.15, 0.2) is 5.11 Å². The van der Waals surface area contributed by atoms with Crippen molar-refractivity contribution >= 4 is 28.9 Å². The van der Waals surface area contributed by atoms with Crippen molar-refractivity contribution < 1.29 is 4.79 Å². The number of carbonyl (C=O) groups is 1. The molecule has 6 heteroatoms. The second kappa shape index (κ2) is 6.76. The molecule has 0 atom stereocenters. The molecule has 1 aromatic carbocycles. The van der Waals surface area contributed by atoms with Gasteiger partial charge in [-0.25, -0.2) is 0 Å². The zero-order chi connectivity index (χ0) is 15.3. The predicted octanol–water partition coefficient (Wildman–Crippen LogP) is 1.60. The summed E-state index contributed by atoms with van der Waals surface area (Å²) in [6.07, 6.45) is 4.91. The minimum absolute atomic E-state index is 0.0506. The molecule has 1 amide bonds. The highest BCUT2D eigenvalue weighted by atomic mass is 32.1. The Kier molecular flexibility index (Phi) is 5.01. The van der Waals surface area contributed by atoms with Crippen molar-refractivity contribution in [1.29, 1.82) is 0 Å². The van der Waals surface area contributed by atoms with Gasteiger partial charge in [0, 0.05) is 12.7 Å². The van der Waals surface area contributed by atoms with Crippen LogP contribution in [0.25, 0.3) is 0 Å². The average Bonchev–Trinajstić information content (AvgIpc) is 2.52. The largest absolute Gasteiger partial charge is 0.399 e. The highest BCUT2D eigenvalue weighted by Gasteiger charge is 2.41. The van der Waals surface area contributed by atoms with Crippen molar-refractivity contribution in [3.63, 3.8) is 0 Å². The number of benzene rings is 1. The summed E-state index contributed by atoms with van der Waals surface area (Å²) in [6.45, 7) is 0. The Labute approximate surface area is 130 Å². The number of nitrogen functional groups attached to an aromatic ring is 1. The first-order chi connectivity index (χ1) is 10.1. The summed E-state index contributed by atoms with van der Waals surface area (Å²) in [5.41, 5.74) is 12.5. The fourth-order valence-corrected chi connectivity index (χ4v) is 2.99. The van der Waals surface area contributed by atoms with Crippen LogP contribution >= 0.6 is 12.2 Å². The van der Waals surface area contributed by atoms with Gasteiger partial charge >= 0.3 is 0 Å². The Bertz CT molecular complexity index is 526. The van der Waals surface area contributed by atoms with E-state index in [-0.39, 0.29) is 5.91 Å². The summed E-state index contributed by atoms with van der Waals surface area (Å²) in [5.74, 6) is -0.0506. The van der Waals surface area contributed by atoms with Gasteiger partial charge in [-0.1, -0.05) is 31.4 Å². The van der Waals surface area contributed by atoms with Crippen LogP contribution in [0.1, 0.15) is 37.7 Å². The average molecular weight is 306 g/mol. The third-order valence-corrected chi connectivity index (χ3v) is 4.40. The van der Waals surface area contributed by atoms with Crippen LogP contribution < -0.4 is 21.9 Å². The van der Waals surface area contributed by atoms with Crippen molar-refractivity contribution in [2.24, 2.45) is 0 Å². The summed E-state index contributed by atoms with van der Waals surface area (Å²) in [6, 6.07) is 7.63. The Balaban J connectivity index is 2.24. The normalized spacial score (nSPS) is 16.8. The van der Waals surface area contributed by atoms with E-state index >= 15 is 0 Å². The van der Waals surface area contributed by atoms with E-state index in [0.29, 0.717) is 10.8 Å². The number of anilines is 1. The van der Waals surface area contributed by atoms with Crippen molar-refractivity contribution in [3.8, 4) is 0 Å². The molecule has 21 heavy (non-hydrogen) atoms. The standard InChI is InChI=1S/C15H22N4OS/c1-17-14(21)19-18-13(20)15(8-3-2-4-9-15)11-6-5-7-12(16)10-11/h5-7,10H,2-4,8-9,16H2,1H3,(H,18,20)(H2,17,19,21). The van der Waals surface area contributed by atoms with Crippen LogP contribution in [-0.2, 0) is 10.2 Å². The second-order valence-electron chi connectivity index (χ2n) is 5.43. The van der Waals surface area contributed by atoms with E-state index in [9.17, 15) is 4.79 Å². The number of amides is 1. The van der Waals surface area contributed by atoms with Crippen LogP contribution in [-0.4, -0.2) is 18.1 Å². The fourth-order valence-electron chi connectivity index (χ4n) is 2.93. The molecule has 1 aliphatic rings. The van der Waals surface area contributed by atoms with E-state index in [1.54, 1.807) is 7.05 Å². The number of carbonyl (C=O) groups excluding carboxylic acids is 1. The van der Waals surface area contributed by atoms with Crippen LogP contribution in [0.15, 0.2) is 24.3 Å². The molecule has 0 aliphatic heterocycles. The van der Waals surface area contributed by atoms with Crippen LogP contribution in [0.5, 0.6) is 0 Å². The van der Waals surface area contributed by atoms with E-state index in [4.69, 9.17) is 18.0 Å². The topological polar surface area (TPSA) is 79.2 Å². The van der Waals surface area contributed by atoms with Gasteiger partial charge in [-0.05, 0) is 42.8 Å². The molecule has 0 unspecified atom stereocenters. The molecule has 0 aromatic heterocycles. The number of nitrogens with two attached hydrogens (primary N) is 1. The Morgan fingerprint density at radius 2 is 1.95 bits per heavy atom. The molecule has 0 saturated heterocycles. The first kappa shape index (κ1) is 15.6. The molecular weight excluding hydrogens is 284 g/mol. The van der Waals surface area contributed by atoms with E-state index in [1.165, 1.54) is 6.42 Å². The van der Waals surface area contributed by atoms with Crippen molar-refractivity contribution in [2.45, 2.75) is 37.5 Å². The summed E-state index contributed by atoms with van der Waals surface area (Å²) >= 11 is 4.99. The number of thiocarbonyl (C=S) groups is 1. The fraction of sp³-hybridized carbons (Fsp3) is 0.467. The van der Waals surface area contributed by atoms with Gasteiger partial charge < -0.3 is 11.1 Å². The summed E-state index contributed by atoms with van der Waals surface area (Å²) in [5, 5.41) is 3.16. The second-order valence-corrected chi connectivity index (χ2v) is 5.83. The molecular formula is C15H22N4OS. The molecule has 1 saturated carbocycles. The Morgan fingerprint density at radius 3 is 2.57 bits per heavy atom. The quantitative estimate of drug-likeness (QED) is 0.379. The number of hydrazine groups is 1. The molecule has 0 spiro atoms. The lowest BCUT2D eigenvalue weighted by molar-refractivity contribution is -0.128. The lowest BCUT2D eigenvalue weighted by Gasteiger charge is -2.36. The smallest absolute Gasteiger partial charge is 0.249 e. The van der Waals surface area contributed by atoms with Gasteiger partial charge in [-0.3, -0.25) is 15.6 Å². The maximum atomic E-state index is 12.8. The van der Waals surface area contributed by atoms with Gasteiger partial charge in [-0.2, -0.15) is 0 Å². The summed E-state index contributed by atoms with van der Waals surface area (Å²) < 4.78 is 0. The van der Waals surface area contributed by atoms with Crippen molar-refractivity contribution in [1.82, 2.24) is 16.2 Å². The maximum absolute atomic E-state index is 12.8. The zero-order valence-electron chi connectivity index (χ0n) is 12.2. The number of hydrogen-bond acceptors (Lipinski definition) is 3. The maximum Gasteiger partial charge on any atom is 0.249 e. The van der Waals surface area contributed by atoms with Crippen LogP contribution in [0.4, 0.5) is 5.69 Å². The number of nitrogens with one attached hydrogen (secondary N) is 3. The zero-order valence-corrected chi connectivity index (χ0v) is 13.1. The lowest BCUT2D eigenvalue weighted by Crippen LogP contribution is -2.53. The third-order valence-electron chi connectivity index (χ3n) is 4.10. The molecule has 0 bridgehead atoms. The predicted molar refractivity (Wildman–Crippen MR) is 88.6 cm³/mol. The third kappa shape index (κ3) is 3.44. The Hall–Kier alpha value is -1.82. The first-order valence-corrected chi connectivity index (χ1v) is 7.63. The summed E-state index contributed by atoms with van der Waals surface area (Å²) in [4.78, 5) is 12.8. The molecule has 2 rings (SSSR count). The molecule has 1 aliphatic carbocycles. The van der Waals surface area contributed by atoms with E-state index in [1.807, 2.05) is 24.3 Å². The molecule has 5 N–H and O–H groups in total. The van der Waals surface area contributed by atoms with Gasteiger partial charge in [0.1, 0.15) is 0 Å². The number of hydrogen-bond donors (Lipinski definition) is 4. The van der Waals surface area contributed by atoms with E-state index < -0.39 is 5.41 Å². The number of rotatable bonds is 2. The van der Waals surface area contributed by atoms with Crippen molar-refractivity contribution in [3.05, 3.63) is 29.8 Å². The van der Waals surface area contributed by atoms with Gasteiger partial charge in [0.05, 0.1) is 5.41 Å². The summed E-state index contributed by atoms with van der Waals surface area (Å²) in [7, 11) is 1.70. The Morgan fingerprint density at radius 1 is 1.24 bits per heavy atom. The van der Waals surface area contributed by atoms with Gasteiger partial charge in [0.2, 0.25) is 5.91 Å². The van der Waals surface area contributed by atoms with Crippen LogP contribution in [0.2, 0.25) is 0 Å². The van der Waals surface area contributed by atoms with E-state index in [0.717, 1.165) is 31.2 Å². The minimum atomic E-state index is -0.524. The van der Waals surface area contributed by atoms with Crippen LogP contribution in [0, 0.1) is 0 Å². The molecule has 1 fully saturated rings. The monoisotopic (exact) mass is 306 g/mol. The molecule has 0 heterocycles. The highest BCUT2D eigenvalue weighted by molar-refractivity contribution is 7.80. The molecule has 5 nitrogen and oxygen atoms in total. The van der Waals surface area contributed by atoms with Gasteiger partial charge in [-0.15, -0.1) is 0 Å². The van der Waals surface area contributed by atoms with Crippen LogP contribution in [0.3, 0.4) is 0 Å². The molecule has 1 aromatic rings. The molecule has 0 radical (unpaired) electrons. The lowest BCUT2D eigenvalue weighted by atomic mass is 9.69. The minimum Gasteiger partial charge on any atom is -0.399 e. The van der Waals surface area contributed by atoms with Crippen molar-refractivity contribution in [2.75, 3.05) is 12.8 Å². The SMILES string of the molecule is CNC(=S)NNC(=O)C1(c2cccc(N)c2)CCCCC1. The highest BCUT2D eigenvalue weighted by Crippen LogP contribution is 2.40.